The average molecular weight is 289 g/mol. The lowest BCUT2D eigenvalue weighted by Gasteiger charge is -2.22. The fourth-order valence-electron chi connectivity index (χ4n) is 1.42. The van der Waals surface area contributed by atoms with Gasteiger partial charge in [0, 0.05) is 16.5 Å². The van der Waals surface area contributed by atoms with E-state index in [-0.39, 0.29) is 11.3 Å². The summed E-state index contributed by atoms with van der Waals surface area (Å²) >= 11 is 11.8. The van der Waals surface area contributed by atoms with E-state index in [4.69, 9.17) is 39.1 Å². The van der Waals surface area contributed by atoms with Crippen LogP contribution >= 0.6 is 23.2 Å². The van der Waals surface area contributed by atoms with Crippen LogP contribution < -0.4 is 10.5 Å². The molecule has 0 aliphatic rings. The summed E-state index contributed by atoms with van der Waals surface area (Å²) in [5.41, 5.74) is 5.22. The molecule has 0 spiro atoms. The molecule has 0 amide bonds. The molecule has 3 nitrogen and oxygen atoms in total. The molecule has 3 N–H and O–H groups in total. The van der Waals surface area contributed by atoms with Crippen LogP contribution in [0.1, 0.15) is 26.7 Å². The first kappa shape index (κ1) is 15.1. The van der Waals surface area contributed by atoms with Gasteiger partial charge in [-0.3, -0.25) is 5.41 Å². The maximum Gasteiger partial charge on any atom is 0.139 e. The first-order valence-corrected chi connectivity index (χ1v) is 6.51. The van der Waals surface area contributed by atoms with Gasteiger partial charge in [-0.15, -0.1) is 0 Å². The molecular weight excluding hydrogens is 271 g/mol. The van der Waals surface area contributed by atoms with Crippen LogP contribution in [0.25, 0.3) is 0 Å². The summed E-state index contributed by atoms with van der Waals surface area (Å²) in [5.74, 6) is 0.785. The minimum absolute atomic E-state index is 0.197. The highest BCUT2D eigenvalue weighted by molar-refractivity contribution is 6.34. The molecule has 0 aliphatic heterocycles. The summed E-state index contributed by atoms with van der Waals surface area (Å²) < 4.78 is 5.57. The van der Waals surface area contributed by atoms with Crippen molar-refractivity contribution in [3.63, 3.8) is 0 Å². The SMILES string of the molecule is CC(C)(CCCOc1cc(Cl)ccc1Cl)C(=N)N. The van der Waals surface area contributed by atoms with Gasteiger partial charge in [-0.25, -0.2) is 0 Å². The molecule has 0 fully saturated rings. The quantitative estimate of drug-likeness (QED) is 0.470. The Morgan fingerprint density at radius 3 is 2.67 bits per heavy atom. The van der Waals surface area contributed by atoms with Crippen molar-refractivity contribution in [1.82, 2.24) is 0 Å². The second kappa shape index (κ2) is 6.30. The summed E-state index contributed by atoms with van der Waals surface area (Å²) in [4.78, 5) is 0. The molecule has 1 aromatic carbocycles. The van der Waals surface area contributed by atoms with Gasteiger partial charge in [0.25, 0.3) is 0 Å². The van der Waals surface area contributed by atoms with E-state index >= 15 is 0 Å². The Balaban J connectivity index is 2.43. The minimum atomic E-state index is -0.290. The molecule has 1 rings (SSSR count). The van der Waals surface area contributed by atoms with Crippen LogP contribution in [0, 0.1) is 10.8 Å². The number of hydrogen-bond donors (Lipinski definition) is 2. The zero-order chi connectivity index (χ0) is 13.8. The molecule has 1 aromatic rings. The van der Waals surface area contributed by atoms with Crippen molar-refractivity contribution in [2.24, 2.45) is 11.1 Å². The Bertz CT molecular complexity index is 433. The molecule has 0 atom stereocenters. The van der Waals surface area contributed by atoms with Crippen LogP contribution in [-0.4, -0.2) is 12.4 Å². The van der Waals surface area contributed by atoms with Gasteiger partial charge in [0.05, 0.1) is 17.5 Å². The van der Waals surface area contributed by atoms with E-state index in [1.807, 2.05) is 13.8 Å². The molecule has 0 radical (unpaired) electrons. The number of ether oxygens (including phenoxy) is 1. The van der Waals surface area contributed by atoms with Gasteiger partial charge in [0.15, 0.2) is 0 Å². The lowest BCUT2D eigenvalue weighted by Crippen LogP contribution is -2.31. The molecule has 0 saturated carbocycles. The summed E-state index contributed by atoms with van der Waals surface area (Å²) in [5, 5.41) is 8.60. The zero-order valence-electron chi connectivity index (χ0n) is 10.6. The molecule has 100 valence electrons. The third-order valence-corrected chi connectivity index (χ3v) is 3.37. The third-order valence-electron chi connectivity index (χ3n) is 2.83. The Morgan fingerprint density at radius 2 is 2.06 bits per heavy atom. The molecule has 18 heavy (non-hydrogen) atoms. The van der Waals surface area contributed by atoms with Crippen LogP contribution in [0.5, 0.6) is 5.75 Å². The Labute approximate surface area is 118 Å². The van der Waals surface area contributed by atoms with Crippen molar-refractivity contribution in [3.8, 4) is 5.75 Å². The second-order valence-corrected chi connectivity index (χ2v) is 5.67. The third kappa shape index (κ3) is 4.39. The van der Waals surface area contributed by atoms with Gasteiger partial charge in [-0.1, -0.05) is 37.0 Å². The fraction of sp³-hybridized carbons (Fsp3) is 0.462. The van der Waals surface area contributed by atoms with Crippen molar-refractivity contribution in [1.29, 1.82) is 5.41 Å². The zero-order valence-corrected chi connectivity index (χ0v) is 12.1. The minimum Gasteiger partial charge on any atom is -0.492 e. The van der Waals surface area contributed by atoms with E-state index in [0.717, 1.165) is 12.8 Å². The highest BCUT2D eigenvalue weighted by atomic mass is 35.5. The normalized spacial score (nSPS) is 11.3. The van der Waals surface area contributed by atoms with Gasteiger partial charge < -0.3 is 10.5 Å². The molecule has 0 aliphatic carbocycles. The number of halogens is 2. The van der Waals surface area contributed by atoms with Gasteiger partial charge in [-0.05, 0) is 25.0 Å². The van der Waals surface area contributed by atoms with Crippen molar-refractivity contribution in [2.75, 3.05) is 6.61 Å². The Morgan fingerprint density at radius 1 is 1.39 bits per heavy atom. The number of amidine groups is 1. The largest absolute Gasteiger partial charge is 0.492 e. The van der Waals surface area contributed by atoms with E-state index in [1.165, 1.54) is 0 Å². The number of nitrogens with two attached hydrogens (primary N) is 1. The van der Waals surface area contributed by atoms with E-state index in [1.54, 1.807) is 18.2 Å². The number of nitrogens with one attached hydrogen (secondary N) is 1. The lowest BCUT2D eigenvalue weighted by atomic mass is 9.87. The molecule has 0 saturated heterocycles. The first-order chi connectivity index (χ1) is 8.33. The summed E-state index contributed by atoms with van der Waals surface area (Å²) in [6.45, 7) is 4.42. The van der Waals surface area contributed by atoms with Gasteiger partial charge in [-0.2, -0.15) is 0 Å². The highest BCUT2D eigenvalue weighted by Crippen LogP contribution is 2.28. The summed E-state index contributed by atoms with van der Waals surface area (Å²) in [7, 11) is 0. The van der Waals surface area contributed by atoms with Gasteiger partial charge in [0.1, 0.15) is 5.75 Å². The molecule has 0 unspecified atom stereocenters. The lowest BCUT2D eigenvalue weighted by molar-refractivity contribution is 0.287. The second-order valence-electron chi connectivity index (χ2n) is 4.82. The molecule has 0 bridgehead atoms. The predicted molar refractivity (Wildman–Crippen MR) is 76.9 cm³/mol. The average Bonchev–Trinajstić information content (AvgIpc) is 2.28. The maximum absolute atomic E-state index is 7.46. The van der Waals surface area contributed by atoms with Crippen molar-refractivity contribution in [3.05, 3.63) is 28.2 Å². The van der Waals surface area contributed by atoms with E-state index in [0.29, 0.717) is 22.4 Å². The smallest absolute Gasteiger partial charge is 0.139 e. The van der Waals surface area contributed by atoms with Crippen LogP contribution in [0.3, 0.4) is 0 Å². The molecule has 0 aromatic heterocycles. The Hall–Kier alpha value is -0.930. The molecular formula is C13H18Cl2N2O. The van der Waals surface area contributed by atoms with Crippen molar-refractivity contribution in [2.45, 2.75) is 26.7 Å². The summed E-state index contributed by atoms with van der Waals surface area (Å²) in [6.07, 6.45) is 1.59. The van der Waals surface area contributed by atoms with Crippen LogP contribution in [-0.2, 0) is 0 Å². The van der Waals surface area contributed by atoms with Crippen LogP contribution in [0.15, 0.2) is 18.2 Å². The van der Waals surface area contributed by atoms with Gasteiger partial charge in [0.2, 0.25) is 0 Å². The predicted octanol–water partition coefficient (Wildman–Crippen LogP) is 4.11. The fourth-order valence-corrected chi connectivity index (χ4v) is 1.75. The first-order valence-electron chi connectivity index (χ1n) is 5.75. The highest BCUT2D eigenvalue weighted by Gasteiger charge is 2.20. The summed E-state index contributed by atoms with van der Waals surface area (Å²) in [6, 6.07) is 5.12. The van der Waals surface area contributed by atoms with E-state index in [9.17, 15) is 0 Å². The van der Waals surface area contributed by atoms with Crippen molar-refractivity contribution < 1.29 is 4.74 Å². The number of hydrogen-bond acceptors (Lipinski definition) is 2. The molecule has 5 heteroatoms. The maximum atomic E-state index is 7.46. The van der Waals surface area contributed by atoms with Crippen LogP contribution in [0.4, 0.5) is 0 Å². The molecule has 0 heterocycles. The van der Waals surface area contributed by atoms with Crippen molar-refractivity contribution >= 4 is 29.0 Å². The van der Waals surface area contributed by atoms with Crippen LogP contribution in [0.2, 0.25) is 10.0 Å². The topological polar surface area (TPSA) is 59.1 Å². The number of benzene rings is 1. The number of rotatable bonds is 6. The van der Waals surface area contributed by atoms with E-state index < -0.39 is 0 Å². The van der Waals surface area contributed by atoms with E-state index in [2.05, 4.69) is 0 Å². The Kier molecular flexibility index (Phi) is 5.29. The van der Waals surface area contributed by atoms with Gasteiger partial charge >= 0.3 is 0 Å². The standard InChI is InChI=1S/C13H18Cl2N2O/c1-13(2,12(16)17)6-3-7-18-11-8-9(14)4-5-10(11)15/h4-5,8H,3,6-7H2,1-2H3,(H3,16,17). The monoisotopic (exact) mass is 288 g/mol.